The third-order valence-corrected chi connectivity index (χ3v) is 6.43. The van der Waals surface area contributed by atoms with Gasteiger partial charge in [-0.25, -0.2) is 12.8 Å². The van der Waals surface area contributed by atoms with E-state index in [9.17, 15) is 22.9 Å². The summed E-state index contributed by atoms with van der Waals surface area (Å²) in [7, 11) is -3.77. The van der Waals surface area contributed by atoms with Crippen LogP contribution in [0, 0.1) is 21.8 Å². The molecule has 27 heavy (non-hydrogen) atoms. The number of rotatable bonds is 6. The van der Waals surface area contributed by atoms with Crippen LogP contribution in [0.4, 0.5) is 10.1 Å². The number of ether oxygens (including phenoxy) is 1. The molecule has 144 valence electrons. The summed E-state index contributed by atoms with van der Waals surface area (Å²) in [5, 5.41) is 10.9. The van der Waals surface area contributed by atoms with Crippen molar-refractivity contribution in [2.45, 2.75) is 17.7 Å². The fraction of sp³-hybridized carbons (Fsp3) is 0.333. The van der Waals surface area contributed by atoms with Gasteiger partial charge in [0.2, 0.25) is 10.0 Å². The van der Waals surface area contributed by atoms with Crippen molar-refractivity contribution in [3.05, 3.63) is 64.5 Å². The first-order valence-corrected chi connectivity index (χ1v) is 9.93. The largest absolute Gasteiger partial charge is 0.493 e. The molecular weight excluding hydrogens is 375 g/mol. The fourth-order valence-corrected chi connectivity index (χ4v) is 4.48. The number of non-ortho nitro benzene ring substituents is 1. The summed E-state index contributed by atoms with van der Waals surface area (Å²) < 4.78 is 45.3. The van der Waals surface area contributed by atoms with E-state index in [0.717, 1.165) is 6.07 Å². The lowest BCUT2D eigenvalue weighted by molar-refractivity contribution is -0.385. The molecule has 9 heteroatoms. The Balaban J connectivity index is 1.58. The van der Waals surface area contributed by atoms with Crippen LogP contribution < -0.4 is 4.74 Å². The van der Waals surface area contributed by atoms with Crippen LogP contribution in [0.1, 0.15) is 12.8 Å². The van der Waals surface area contributed by atoms with Crippen LogP contribution >= 0.6 is 0 Å². The maximum absolute atomic E-state index is 12.9. The predicted molar refractivity (Wildman–Crippen MR) is 96.5 cm³/mol. The van der Waals surface area contributed by atoms with Gasteiger partial charge in [-0.2, -0.15) is 4.31 Å². The zero-order valence-electron chi connectivity index (χ0n) is 14.5. The molecule has 0 saturated carbocycles. The lowest BCUT2D eigenvalue weighted by Gasteiger charge is -2.31. The zero-order chi connectivity index (χ0) is 19.4. The quantitative estimate of drug-likeness (QED) is 0.554. The number of benzene rings is 2. The number of nitro groups is 1. The summed E-state index contributed by atoms with van der Waals surface area (Å²) >= 11 is 0. The van der Waals surface area contributed by atoms with Gasteiger partial charge in [-0.3, -0.25) is 10.1 Å². The molecule has 1 heterocycles. The van der Waals surface area contributed by atoms with Gasteiger partial charge in [0.05, 0.1) is 16.4 Å². The molecule has 0 radical (unpaired) electrons. The van der Waals surface area contributed by atoms with Crippen LogP contribution in [0.5, 0.6) is 5.75 Å². The highest BCUT2D eigenvalue weighted by atomic mass is 32.2. The van der Waals surface area contributed by atoms with E-state index in [0.29, 0.717) is 38.3 Å². The Morgan fingerprint density at radius 1 is 1.15 bits per heavy atom. The predicted octanol–water partition coefficient (Wildman–Crippen LogP) is 3.21. The Bertz CT molecular complexity index is 910. The summed E-state index contributed by atoms with van der Waals surface area (Å²) in [5.41, 5.74) is -0.251. The minimum absolute atomic E-state index is 0.0716. The van der Waals surface area contributed by atoms with Crippen LogP contribution in [0.25, 0.3) is 0 Å². The second-order valence-corrected chi connectivity index (χ2v) is 8.30. The van der Waals surface area contributed by atoms with E-state index in [1.54, 1.807) is 12.1 Å². The third kappa shape index (κ3) is 4.61. The van der Waals surface area contributed by atoms with Gasteiger partial charge in [-0.05, 0) is 49.1 Å². The van der Waals surface area contributed by atoms with Gasteiger partial charge in [0.15, 0.2) is 0 Å². The molecule has 7 nitrogen and oxygen atoms in total. The van der Waals surface area contributed by atoms with Crippen molar-refractivity contribution in [1.82, 2.24) is 4.31 Å². The van der Waals surface area contributed by atoms with E-state index < -0.39 is 14.9 Å². The molecule has 0 amide bonds. The number of sulfonamides is 1. The van der Waals surface area contributed by atoms with Crippen LogP contribution in [0.3, 0.4) is 0 Å². The van der Waals surface area contributed by atoms with Crippen LogP contribution in [-0.2, 0) is 10.0 Å². The third-order valence-electron chi connectivity index (χ3n) is 4.54. The summed E-state index contributed by atoms with van der Waals surface area (Å²) in [6.07, 6.45) is 1.24. The summed E-state index contributed by atoms with van der Waals surface area (Å²) in [5.74, 6) is 0.427. The molecule has 1 fully saturated rings. The highest BCUT2D eigenvalue weighted by Crippen LogP contribution is 2.26. The molecule has 0 aromatic heterocycles. The molecule has 0 spiro atoms. The van der Waals surface area contributed by atoms with Crippen LogP contribution in [0.2, 0.25) is 0 Å². The van der Waals surface area contributed by atoms with E-state index in [1.807, 2.05) is 0 Å². The number of nitro benzene ring substituents is 1. The molecule has 0 atom stereocenters. The van der Waals surface area contributed by atoms with Gasteiger partial charge in [0, 0.05) is 25.2 Å². The van der Waals surface area contributed by atoms with Crippen molar-refractivity contribution >= 4 is 15.7 Å². The van der Waals surface area contributed by atoms with Crippen molar-refractivity contribution in [3.63, 3.8) is 0 Å². The molecular formula is C18H19FN2O5S. The maximum Gasteiger partial charge on any atom is 0.270 e. The van der Waals surface area contributed by atoms with E-state index in [-0.39, 0.29) is 22.3 Å². The Kier molecular flexibility index (Phi) is 5.71. The highest BCUT2D eigenvalue weighted by Gasteiger charge is 2.30. The molecule has 0 aliphatic carbocycles. The van der Waals surface area contributed by atoms with Gasteiger partial charge >= 0.3 is 0 Å². The average molecular weight is 394 g/mol. The van der Waals surface area contributed by atoms with Crippen molar-refractivity contribution < 1.29 is 22.5 Å². The molecule has 0 bridgehead atoms. The molecule has 1 aliphatic heterocycles. The monoisotopic (exact) mass is 394 g/mol. The molecule has 0 unspecified atom stereocenters. The molecule has 2 aromatic carbocycles. The number of hydrogen-bond donors (Lipinski definition) is 0. The Morgan fingerprint density at radius 3 is 2.44 bits per heavy atom. The first-order chi connectivity index (χ1) is 12.9. The van der Waals surface area contributed by atoms with Gasteiger partial charge in [0.1, 0.15) is 11.6 Å². The van der Waals surface area contributed by atoms with Gasteiger partial charge in [-0.15, -0.1) is 0 Å². The summed E-state index contributed by atoms with van der Waals surface area (Å²) in [4.78, 5) is 10.2. The Hall–Kier alpha value is -2.52. The zero-order valence-corrected chi connectivity index (χ0v) is 15.3. The second-order valence-electron chi connectivity index (χ2n) is 6.37. The fourth-order valence-electron chi connectivity index (χ4n) is 2.97. The Labute approximate surface area is 156 Å². The lowest BCUT2D eigenvalue weighted by Crippen LogP contribution is -2.39. The highest BCUT2D eigenvalue weighted by molar-refractivity contribution is 7.89. The minimum Gasteiger partial charge on any atom is -0.493 e. The smallest absolute Gasteiger partial charge is 0.270 e. The van der Waals surface area contributed by atoms with Crippen molar-refractivity contribution in [1.29, 1.82) is 0 Å². The second kappa shape index (κ2) is 8.01. The summed E-state index contributed by atoms with van der Waals surface area (Å²) in [6, 6.07) is 10.8. The lowest BCUT2D eigenvalue weighted by atomic mass is 9.99. The van der Waals surface area contributed by atoms with Crippen molar-refractivity contribution in [3.8, 4) is 5.75 Å². The number of hydrogen-bond acceptors (Lipinski definition) is 5. The van der Waals surface area contributed by atoms with E-state index >= 15 is 0 Å². The molecule has 3 rings (SSSR count). The first kappa shape index (κ1) is 19.2. The van der Waals surface area contributed by atoms with Gasteiger partial charge in [0.25, 0.3) is 5.69 Å². The molecule has 0 N–H and O–H groups in total. The first-order valence-electron chi connectivity index (χ1n) is 8.49. The SMILES string of the molecule is O=[N+]([O-])c1cccc(S(=O)(=O)N2CCC(COc3ccc(F)cc3)CC2)c1. The maximum atomic E-state index is 12.9. The molecule has 2 aromatic rings. The topological polar surface area (TPSA) is 89.8 Å². The number of piperidine rings is 1. The molecule has 1 saturated heterocycles. The van der Waals surface area contributed by atoms with E-state index in [2.05, 4.69) is 0 Å². The van der Waals surface area contributed by atoms with E-state index in [1.165, 1.54) is 34.6 Å². The average Bonchev–Trinajstić information content (AvgIpc) is 2.68. The van der Waals surface area contributed by atoms with E-state index in [4.69, 9.17) is 4.74 Å². The van der Waals surface area contributed by atoms with Gasteiger partial charge < -0.3 is 4.74 Å². The standard InChI is InChI=1S/C18H19FN2O5S/c19-15-4-6-17(7-5-15)26-13-14-8-10-20(11-9-14)27(24,25)18-3-1-2-16(12-18)21(22)23/h1-7,12,14H,8-11,13H2. The Morgan fingerprint density at radius 2 is 1.81 bits per heavy atom. The minimum atomic E-state index is -3.77. The summed E-state index contributed by atoms with van der Waals surface area (Å²) in [6.45, 7) is 1.07. The van der Waals surface area contributed by atoms with Crippen LogP contribution in [0.15, 0.2) is 53.4 Å². The van der Waals surface area contributed by atoms with Gasteiger partial charge in [-0.1, -0.05) is 6.07 Å². The normalized spacial score (nSPS) is 16.2. The van der Waals surface area contributed by atoms with Crippen LogP contribution in [-0.4, -0.2) is 37.3 Å². The van der Waals surface area contributed by atoms with Crippen molar-refractivity contribution in [2.24, 2.45) is 5.92 Å². The number of halogens is 1. The number of nitrogens with zero attached hydrogens (tertiary/aromatic N) is 2. The van der Waals surface area contributed by atoms with Crippen molar-refractivity contribution in [2.75, 3.05) is 19.7 Å². The molecule has 1 aliphatic rings.